The summed E-state index contributed by atoms with van der Waals surface area (Å²) in [6.07, 6.45) is 3.74. The Bertz CT molecular complexity index is 1480. The first kappa shape index (κ1) is 29.1. The molecule has 2 N–H and O–H groups in total. The number of amides is 1. The van der Waals surface area contributed by atoms with Gasteiger partial charge < -0.3 is 19.6 Å². The fourth-order valence-electron chi connectivity index (χ4n) is 5.14. The molecule has 0 saturated heterocycles. The van der Waals surface area contributed by atoms with Crippen molar-refractivity contribution in [3.8, 4) is 33.6 Å². The lowest BCUT2D eigenvalue weighted by Crippen LogP contribution is -2.24. The summed E-state index contributed by atoms with van der Waals surface area (Å²) in [6.45, 7) is 17.5. The molecule has 2 aromatic carbocycles. The number of carbonyl (C=O) groups is 1. The Morgan fingerprint density at radius 3 is 1.93 bits per heavy atom. The molecule has 0 aliphatic rings. The highest BCUT2D eigenvalue weighted by Gasteiger charge is 2.32. The number of ether oxygens (including phenoxy) is 1. The largest absolute Gasteiger partial charge is 0.438 e. The second kappa shape index (κ2) is 11.0. The fraction of sp³-hybridized carbons (Fsp3) is 0.424. The molecule has 0 aliphatic carbocycles. The van der Waals surface area contributed by atoms with Gasteiger partial charge >= 0.3 is 6.09 Å². The average molecular weight is 542 g/mol. The summed E-state index contributed by atoms with van der Waals surface area (Å²) >= 11 is 0. The molecule has 1 atom stereocenters. The lowest BCUT2D eigenvalue weighted by atomic mass is 9.70. The number of nitrogens with one attached hydrogen (secondary N) is 2. The number of hydrogen-bond acceptors (Lipinski definition) is 4. The summed E-state index contributed by atoms with van der Waals surface area (Å²) in [5.74, 6) is 1.61. The molecule has 0 unspecified atom stereocenters. The number of H-pyrrole nitrogens is 2. The monoisotopic (exact) mass is 541 g/mol. The number of aromatic nitrogens is 4. The first-order chi connectivity index (χ1) is 18.7. The summed E-state index contributed by atoms with van der Waals surface area (Å²) in [6, 6.07) is 13.1. The standard InChI is InChI=1S/C33H43N5O2/c1-11-27-34-18-25(36-27)22-14-12-21(13-15-22)23-16-17-24(29(33(6,7)8)28(23)32(3,4)5)26-19-35-30(37-26)20(2)40-31(39)38(9)10/h12-20H,11H2,1-10H3,(H,34,36)(H,35,37)/t20-/m0/s1. The topological polar surface area (TPSA) is 86.9 Å². The van der Waals surface area contributed by atoms with Crippen molar-refractivity contribution >= 4 is 6.09 Å². The van der Waals surface area contributed by atoms with Crippen LogP contribution in [0.15, 0.2) is 48.8 Å². The number of hydrogen-bond donors (Lipinski definition) is 2. The molecule has 2 aromatic heterocycles. The smallest absolute Gasteiger partial charge is 0.409 e. The van der Waals surface area contributed by atoms with Gasteiger partial charge in [-0.3, -0.25) is 0 Å². The molecular formula is C33H43N5O2. The molecule has 0 fully saturated rings. The number of imidazole rings is 2. The van der Waals surface area contributed by atoms with Gasteiger partial charge in [0, 0.05) is 26.1 Å². The quantitative estimate of drug-likeness (QED) is 0.258. The van der Waals surface area contributed by atoms with Gasteiger partial charge in [-0.25, -0.2) is 14.8 Å². The van der Waals surface area contributed by atoms with Gasteiger partial charge in [0.15, 0.2) is 6.10 Å². The van der Waals surface area contributed by atoms with Gasteiger partial charge in [-0.1, -0.05) is 84.9 Å². The highest BCUT2D eigenvalue weighted by Crippen LogP contribution is 2.45. The van der Waals surface area contributed by atoms with Crippen molar-refractivity contribution in [1.29, 1.82) is 0 Å². The van der Waals surface area contributed by atoms with E-state index in [1.54, 1.807) is 14.1 Å². The van der Waals surface area contributed by atoms with E-state index in [0.29, 0.717) is 5.82 Å². The van der Waals surface area contributed by atoms with E-state index in [1.165, 1.54) is 27.2 Å². The van der Waals surface area contributed by atoms with Crippen LogP contribution in [0.2, 0.25) is 0 Å². The van der Waals surface area contributed by atoms with Gasteiger partial charge in [-0.15, -0.1) is 0 Å². The van der Waals surface area contributed by atoms with E-state index in [0.717, 1.165) is 34.8 Å². The zero-order valence-corrected chi connectivity index (χ0v) is 25.6. The molecule has 0 spiro atoms. The Morgan fingerprint density at radius 2 is 1.38 bits per heavy atom. The molecule has 0 radical (unpaired) electrons. The number of carbonyl (C=O) groups excluding carboxylic acids is 1. The minimum Gasteiger partial charge on any atom is -0.438 e. The number of aryl methyl sites for hydroxylation is 1. The molecule has 1 amide bonds. The van der Waals surface area contributed by atoms with Crippen molar-refractivity contribution in [2.24, 2.45) is 0 Å². The van der Waals surface area contributed by atoms with Crippen LogP contribution >= 0.6 is 0 Å². The molecule has 0 aliphatic heterocycles. The van der Waals surface area contributed by atoms with Crippen LogP contribution in [0.1, 0.15) is 84.3 Å². The first-order valence-corrected chi connectivity index (χ1v) is 14.0. The molecular weight excluding hydrogens is 498 g/mol. The molecule has 7 heteroatoms. The number of nitrogens with zero attached hydrogens (tertiary/aromatic N) is 3. The van der Waals surface area contributed by atoms with E-state index in [4.69, 9.17) is 4.74 Å². The lowest BCUT2D eigenvalue weighted by Gasteiger charge is -2.34. The molecule has 40 heavy (non-hydrogen) atoms. The van der Waals surface area contributed by atoms with E-state index >= 15 is 0 Å². The van der Waals surface area contributed by atoms with Gasteiger partial charge in [-0.2, -0.15) is 0 Å². The lowest BCUT2D eigenvalue weighted by molar-refractivity contribution is 0.0791. The Kier molecular flexibility index (Phi) is 7.97. The number of benzene rings is 2. The summed E-state index contributed by atoms with van der Waals surface area (Å²) < 4.78 is 5.54. The van der Waals surface area contributed by atoms with Crippen LogP contribution in [0.4, 0.5) is 4.79 Å². The van der Waals surface area contributed by atoms with Crippen LogP contribution in [0.5, 0.6) is 0 Å². The van der Waals surface area contributed by atoms with Gasteiger partial charge in [0.2, 0.25) is 0 Å². The van der Waals surface area contributed by atoms with E-state index in [9.17, 15) is 4.79 Å². The molecule has 7 nitrogen and oxygen atoms in total. The third-order valence-electron chi connectivity index (χ3n) is 7.09. The van der Waals surface area contributed by atoms with E-state index < -0.39 is 12.2 Å². The minimum absolute atomic E-state index is 0.122. The maximum Gasteiger partial charge on any atom is 0.409 e. The first-order valence-electron chi connectivity index (χ1n) is 14.0. The maximum atomic E-state index is 12.1. The van der Waals surface area contributed by atoms with Gasteiger partial charge in [-0.05, 0) is 45.6 Å². The van der Waals surface area contributed by atoms with Crippen LogP contribution in [-0.2, 0) is 22.0 Å². The van der Waals surface area contributed by atoms with Gasteiger partial charge in [0.1, 0.15) is 11.6 Å². The van der Waals surface area contributed by atoms with Crippen molar-refractivity contribution in [3.05, 3.63) is 71.6 Å². The highest BCUT2D eigenvalue weighted by molar-refractivity contribution is 5.79. The molecule has 4 rings (SSSR count). The minimum atomic E-state index is -0.495. The van der Waals surface area contributed by atoms with Crippen LogP contribution in [-0.4, -0.2) is 45.0 Å². The normalized spacial score (nSPS) is 12.8. The highest BCUT2D eigenvalue weighted by atomic mass is 16.6. The van der Waals surface area contributed by atoms with E-state index in [2.05, 4.69) is 105 Å². The van der Waals surface area contributed by atoms with Crippen LogP contribution in [0.3, 0.4) is 0 Å². The second-order valence-electron chi connectivity index (χ2n) is 12.7. The molecule has 0 saturated carbocycles. The zero-order chi connectivity index (χ0) is 29.4. The Hall–Kier alpha value is -3.87. The summed E-state index contributed by atoms with van der Waals surface area (Å²) in [7, 11) is 3.34. The van der Waals surface area contributed by atoms with Crippen molar-refractivity contribution in [1.82, 2.24) is 24.8 Å². The summed E-state index contributed by atoms with van der Waals surface area (Å²) in [5, 5.41) is 0. The van der Waals surface area contributed by atoms with E-state index in [1.807, 2.05) is 19.3 Å². The van der Waals surface area contributed by atoms with Crippen molar-refractivity contribution in [2.45, 2.75) is 78.7 Å². The molecule has 2 heterocycles. The third kappa shape index (κ3) is 5.98. The van der Waals surface area contributed by atoms with Crippen molar-refractivity contribution < 1.29 is 9.53 Å². The van der Waals surface area contributed by atoms with Crippen LogP contribution < -0.4 is 0 Å². The Morgan fingerprint density at radius 1 is 0.825 bits per heavy atom. The Balaban J connectivity index is 1.81. The maximum absolute atomic E-state index is 12.1. The Labute approximate surface area is 238 Å². The van der Waals surface area contributed by atoms with Crippen molar-refractivity contribution in [2.75, 3.05) is 14.1 Å². The number of rotatable bonds is 6. The molecule has 4 aromatic rings. The zero-order valence-electron chi connectivity index (χ0n) is 25.6. The van der Waals surface area contributed by atoms with Crippen LogP contribution in [0, 0.1) is 0 Å². The average Bonchev–Trinajstić information content (AvgIpc) is 3.57. The summed E-state index contributed by atoms with van der Waals surface area (Å²) in [4.78, 5) is 29.4. The third-order valence-corrected chi connectivity index (χ3v) is 7.09. The van der Waals surface area contributed by atoms with Gasteiger partial charge in [0.05, 0.1) is 23.8 Å². The van der Waals surface area contributed by atoms with E-state index in [-0.39, 0.29) is 10.8 Å². The fourth-order valence-corrected chi connectivity index (χ4v) is 5.14. The predicted molar refractivity (Wildman–Crippen MR) is 162 cm³/mol. The molecule has 212 valence electrons. The second-order valence-corrected chi connectivity index (χ2v) is 12.7. The number of aromatic amines is 2. The summed E-state index contributed by atoms with van der Waals surface area (Å²) in [5.41, 5.74) is 8.88. The predicted octanol–water partition coefficient (Wildman–Crippen LogP) is 8.05. The van der Waals surface area contributed by atoms with Crippen LogP contribution in [0.25, 0.3) is 33.6 Å². The van der Waals surface area contributed by atoms with Gasteiger partial charge in [0.25, 0.3) is 0 Å². The molecule has 0 bridgehead atoms. The van der Waals surface area contributed by atoms with Crippen molar-refractivity contribution in [3.63, 3.8) is 0 Å². The SMILES string of the molecule is CCc1ncc(-c2ccc(-c3ccc(-c4cnc([C@H](C)OC(=O)N(C)C)[nH]4)c(C(C)(C)C)c3C(C)(C)C)cc2)[nH]1.